The maximum Gasteiger partial charge on any atom is 0.225 e. The Bertz CT molecular complexity index is 1370. The first kappa shape index (κ1) is 20.5. The Morgan fingerprint density at radius 2 is 1.82 bits per heavy atom. The van der Waals surface area contributed by atoms with Gasteiger partial charge in [-0.1, -0.05) is 12.1 Å². The molecule has 0 aliphatic carbocycles. The van der Waals surface area contributed by atoms with Crippen LogP contribution < -0.4 is 10.5 Å². The highest BCUT2D eigenvalue weighted by Gasteiger charge is 2.39. The van der Waals surface area contributed by atoms with Crippen LogP contribution in [0, 0.1) is 11.3 Å². The molecule has 1 aromatic carbocycles. The van der Waals surface area contributed by atoms with E-state index in [9.17, 15) is 5.26 Å². The van der Waals surface area contributed by atoms with Crippen molar-refractivity contribution < 1.29 is 4.74 Å². The van der Waals surface area contributed by atoms with E-state index in [0.717, 1.165) is 22.4 Å². The second-order valence-corrected chi connectivity index (χ2v) is 8.76. The molecule has 0 fully saturated rings. The van der Waals surface area contributed by atoms with Crippen molar-refractivity contribution in [2.45, 2.75) is 32.2 Å². The molecule has 33 heavy (non-hydrogen) atoms. The molecule has 1 atom stereocenters. The number of allylic oxidation sites excluding steroid dienone is 1. The van der Waals surface area contributed by atoms with E-state index in [1.54, 1.807) is 29.6 Å². The number of imidazole rings is 1. The highest BCUT2D eigenvalue weighted by Crippen LogP contribution is 2.48. The molecule has 5 rings (SSSR count). The van der Waals surface area contributed by atoms with E-state index >= 15 is 0 Å². The fourth-order valence-corrected chi connectivity index (χ4v) is 4.01. The smallest absolute Gasteiger partial charge is 0.225 e. The van der Waals surface area contributed by atoms with Crippen LogP contribution in [0.2, 0.25) is 0 Å². The van der Waals surface area contributed by atoms with Crippen molar-refractivity contribution in [3.05, 3.63) is 84.3 Å². The number of nitrogens with zero attached hydrogens (tertiary/aromatic N) is 7. The van der Waals surface area contributed by atoms with Crippen LogP contribution in [0.15, 0.2) is 73.2 Å². The number of rotatable bonds is 3. The summed E-state index contributed by atoms with van der Waals surface area (Å²) >= 11 is 0. The first-order valence-corrected chi connectivity index (χ1v) is 10.4. The molecule has 0 saturated carbocycles. The monoisotopic (exact) mass is 438 g/mol. The summed E-state index contributed by atoms with van der Waals surface area (Å²) in [5.41, 5.74) is 10.2. The minimum Gasteiger partial charge on any atom is -0.422 e. The molecule has 9 heteroatoms. The van der Waals surface area contributed by atoms with Crippen molar-refractivity contribution in [3.8, 4) is 28.9 Å². The molecule has 9 nitrogen and oxygen atoms in total. The Kier molecular flexibility index (Phi) is 4.71. The molecule has 1 aliphatic rings. The van der Waals surface area contributed by atoms with Gasteiger partial charge in [-0.15, -0.1) is 0 Å². The predicted octanol–water partition coefficient (Wildman–Crippen LogP) is 3.50. The summed E-state index contributed by atoms with van der Waals surface area (Å²) in [5, 5.41) is 14.9. The molecular formula is C24H22N8O. The SMILES string of the molecule is CC(C)(C)n1nc(-c2cncnc2)c2c1OC(N)=C(C#N)C2c1ccc(-n2ccnc2)cc1. The average molecular weight is 438 g/mol. The second kappa shape index (κ2) is 7.60. The molecule has 0 saturated heterocycles. The first-order chi connectivity index (χ1) is 15.9. The number of hydrogen-bond donors (Lipinski definition) is 1. The Balaban J connectivity index is 1.74. The molecule has 0 amide bonds. The van der Waals surface area contributed by atoms with Gasteiger partial charge in [0.25, 0.3) is 0 Å². The third-order valence-corrected chi connectivity index (χ3v) is 5.55. The van der Waals surface area contributed by atoms with Gasteiger partial charge in [0.1, 0.15) is 23.7 Å². The molecule has 4 aromatic rings. The molecular weight excluding hydrogens is 416 g/mol. The Morgan fingerprint density at radius 1 is 1.09 bits per heavy atom. The van der Waals surface area contributed by atoms with Crippen LogP contribution in [0.1, 0.15) is 37.8 Å². The van der Waals surface area contributed by atoms with Gasteiger partial charge in [-0.25, -0.2) is 19.6 Å². The molecule has 0 bridgehead atoms. The Morgan fingerprint density at radius 3 is 2.42 bits per heavy atom. The average Bonchev–Trinajstić information content (AvgIpc) is 3.47. The Hall–Kier alpha value is -4.45. The van der Waals surface area contributed by atoms with Crippen LogP contribution in [-0.2, 0) is 5.54 Å². The first-order valence-electron chi connectivity index (χ1n) is 10.4. The van der Waals surface area contributed by atoms with Gasteiger partial charge in [0.05, 0.1) is 23.3 Å². The van der Waals surface area contributed by atoms with Crippen molar-refractivity contribution in [3.63, 3.8) is 0 Å². The molecule has 3 aromatic heterocycles. The van der Waals surface area contributed by atoms with Crippen LogP contribution in [0.4, 0.5) is 0 Å². The quantitative estimate of drug-likeness (QED) is 0.520. The van der Waals surface area contributed by atoms with Crippen LogP contribution in [0.3, 0.4) is 0 Å². The largest absolute Gasteiger partial charge is 0.422 e. The van der Waals surface area contributed by atoms with Gasteiger partial charge in [0.15, 0.2) is 0 Å². The zero-order valence-electron chi connectivity index (χ0n) is 18.5. The van der Waals surface area contributed by atoms with Gasteiger partial charge in [-0.2, -0.15) is 10.4 Å². The van der Waals surface area contributed by atoms with E-state index in [1.165, 1.54) is 6.33 Å². The second-order valence-electron chi connectivity index (χ2n) is 8.76. The van der Waals surface area contributed by atoms with E-state index in [1.807, 2.05) is 55.8 Å². The molecule has 0 radical (unpaired) electrons. The van der Waals surface area contributed by atoms with E-state index < -0.39 is 11.5 Å². The highest BCUT2D eigenvalue weighted by atomic mass is 16.5. The number of nitriles is 1. The van der Waals surface area contributed by atoms with E-state index in [-0.39, 0.29) is 5.88 Å². The third kappa shape index (κ3) is 3.42. The third-order valence-electron chi connectivity index (χ3n) is 5.55. The molecule has 4 heterocycles. The number of hydrogen-bond acceptors (Lipinski definition) is 7. The maximum atomic E-state index is 10.0. The van der Waals surface area contributed by atoms with Gasteiger partial charge in [0.2, 0.25) is 11.8 Å². The lowest BCUT2D eigenvalue weighted by atomic mass is 9.83. The summed E-state index contributed by atoms with van der Waals surface area (Å²) in [6, 6.07) is 10.2. The number of nitrogens with two attached hydrogens (primary N) is 1. The number of benzene rings is 1. The predicted molar refractivity (Wildman–Crippen MR) is 121 cm³/mol. The fourth-order valence-electron chi connectivity index (χ4n) is 4.01. The lowest BCUT2D eigenvalue weighted by molar-refractivity contribution is 0.278. The number of aromatic nitrogens is 6. The maximum absolute atomic E-state index is 10.0. The summed E-state index contributed by atoms with van der Waals surface area (Å²) in [7, 11) is 0. The summed E-state index contributed by atoms with van der Waals surface area (Å²) in [4.78, 5) is 12.4. The zero-order chi connectivity index (χ0) is 23.2. The molecule has 164 valence electrons. The normalized spacial score (nSPS) is 15.6. The van der Waals surface area contributed by atoms with Gasteiger partial charge >= 0.3 is 0 Å². The van der Waals surface area contributed by atoms with E-state index in [0.29, 0.717) is 17.1 Å². The van der Waals surface area contributed by atoms with Crippen molar-refractivity contribution in [2.24, 2.45) is 5.73 Å². The molecule has 0 spiro atoms. The van der Waals surface area contributed by atoms with Crippen molar-refractivity contribution in [1.29, 1.82) is 5.26 Å². The highest BCUT2D eigenvalue weighted by molar-refractivity contribution is 5.70. The van der Waals surface area contributed by atoms with Crippen molar-refractivity contribution in [1.82, 2.24) is 29.3 Å². The van der Waals surface area contributed by atoms with Crippen LogP contribution >= 0.6 is 0 Å². The standard InChI is InChI=1S/C24H22N8O/c1-24(2,3)32-23-20(21(30-32)16-11-28-13-29-12-16)19(18(10-25)22(26)33-23)15-4-6-17(7-5-15)31-9-8-27-14-31/h4-9,11-14,19H,26H2,1-3H3. The number of ether oxygens (including phenoxy) is 1. The molecule has 2 N–H and O–H groups in total. The summed E-state index contributed by atoms with van der Waals surface area (Å²) < 4.78 is 9.73. The van der Waals surface area contributed by atoms with E-state index in [2.05, 4.69) is 21.0 Å². The van der Waals surface area contributed by atoms with Crippen LogP contribution in [0.5, 0.6) is 5.88 Å². The van der Waals surface area contributed by atoms with E-state index in [4.69, 9.17) is 15.6 Å². The van der Waals surface area contributed by atoms with Gasteiger partial charge in [0, 0.05) is 36.0 Å². The van der Waals surface area contributed by atoms with Gasteiger partial charge < -0.3 is 15.0 Å². The molecule has 1 aliphatic heterocycles. The minimum absolute atomic E-state index is 0.0787. The van der Waals surface area contributed by atoms with Crippen LogP contribution in [-0.4, -0.2) is 29.3 Å². The summed E-state index contributed by atoms with van der Waals surface area (Å²) in [5.74, 6) is 0.137. The zero-order valence-corrected chi connectivity index (χ0v) is 18.5. The fraction of sp³-hybridized carbons (Fsp3) is 0.208. The van der Waals surface area contributed by atoms with Gasteiger partial charge in [-0.05, 0) is 38.5 Å². The van der Waals surface area contributed by atoms with Crippen molar-refractivity contribution >= 4 is 0 Å². The van der Waals surface area contributed by atoms with Crippen molar-refractivity contribution in [2.75, 3.05) is 0 Å². The summed E-state index contributed by atoms with van der Waals surface area (Å²) in [6.45, 7) is 6.09. The lowest BCUT2D eigenvalue weighted by Crippen LogP contribution is -2.27. The Labute approximate surface area is 190 Å². The molecule has 1 unspecified atom stereocenters. The number of fused-ring (bicyclic) bond motifs is 1. The summed E-state index contributed by atoms with van der Waals surface area (Å²) in [6.07, 6.45) is 10.2. The minimum atomic E-state index is -0.457. The lowest BCUT2D eigenvalue weighted by Gasteiger charge is -2.28. The van der Waals surface area contributed by atoms with Gasteiger partial charge in [-0.3, -0.25) is 0 Å². The topological polar surface area (TPSA) is 120 Å². The van der Waals surface area contributed by atoms with Crippen LogP contribution in [0.25, 0.3) is 16.9 Å².